The van der Waals surface area contributed by atoms with Crippen LogP contribution in [0.2, 0.25) is 0 Å². The molecule has 19 heavy (non-hydrogen) atoms. The van der Waals surface area contributed by atoms with E-state index in [9.17, 15) is 0 Å². The summed E-state index contributed by atoms with van der Waals surface area (Å²) in [5.74, 6) is 7.13. The highest BCUT2D eigenvalue weighted by atomic mass is 32.1. The highest BCUT2D eigenvalue weighted by Crippen LogP contribution is 2.31. The highest BCUT2D eigenvalue weighted by Gasteiger charge is 2.25. The molecule has 1 aromatic heterocycles. The number of hydrogen-bond donors (Lipinski definition) is 1. The lowest BCUT2D eigenvalue weighted by Gasteiger charge is -2.26. The van der Waals surface area contributed by atoms with E-state index in [2.05, 4.69) is 42.0 Å². The summed E-state index contributed by atoms with van der Waals surface area (Å²) in [6, 6.07) is 2.68. The van der Waals surface area contributed by atoms with Crippen molar-refractivity contribution < 1.29 is 5.11 Å². The second-order valence-electron chi connectivity index (χ2n) is 5.50. The number of hydrogen-bond acceptors (Lipinski definition) is 3. The Bertz CT molecular complexity index is 451. The van der Waals surface area contributed by atoms with Gasteiger partial charge in [-0.05, 0) is 44.1 Å². The zero-order chi connectivity index (χ0) is 13.7. The lowest BCUT2D eigenvalue weighted by molar-refractivity contribution is 0.205. The second kappa shape index (κ2) is 7.09. The Morgan fingerprint density at radius 2 is 2.26 bits per heavy atom. The molecule has 0 unspecified atom stereocenters. The zero-order valence-electron chi connectivity index (χ0n) is 11.9. The summed E-state index contributed by atoms with van der Waals surface area (Å²) in [6.45, 7) is 6.92. The van der Waals surface area contributed by atoms with Crippen LogP contribution in [0.1, 0.15) is 43.6 Å². The predicted octanol–water partition coefficient (Wildman–Crippen LogP) is 3.10. The molecule has 1 aliphatic carbocycles. The molecule has 2 nitrogen and oxygen atoms in total. The van der Waals surface area contributed by atoms with E-state index >= 15 is 0 Å². The topological polar surface area (TPSA) is 23.5 Å². The van der Waals surface area contributed by atoms with Crippen LogP contribution in [0.5, 0.6) is 0 Å². The van der Waals surface area contributed by atoms with Crippen molar-refractivity contribution in [2.75, 3.05) is 13.2 Å². The van der Waals surface area contributed by atoms with Gasteiger partial charge in [0, 0.05) is 36.0 Å². The maximum atomic E-state index is 8.78. The fourth-order valence-corrected chi connectivity index (χ4v) is 2.92. The van der Waals surface area contributed by atoms with Crippen molar-refractivity contribution in [2.45, 2.75) is 45.7 Å². The van der Waals surface area contributed by atoms with Crippen molar-refractivity contribution in [3.8, 4) is 11.8 Å². The molecule has 1 aromatic rings. The minimum Gasteiger partial charge on any atom is -0.395 e. The molecular weight excluding hydrogens is 254 g/mol. The Hall–Kier alpha value is -0.820. The maximum Gasteiger partial charge on any atom is 0.0540 e. The number of aliphatic hydroxyl groups is 1. The van der Waals surface area contributed by atoms with E-state index in [0.29, 0.717) is 12.5 Å². The van der Waals surface area contributed by atoms with E-state index in [0.717, 1.165) is 18.0 Å². The molecule has 1 N–H and O–H groups in total. The summed E-state index contributed by atoms with van der Waals surface area (Å²) in [4.78, 5) is 3.92. The highest BCUT2D eigenvalue weighted by molar-refractivity contribution is 7.10. The van der Waals surface area contributed by atoms with Gasteiger partial charge in [0.1, 0.15) is 0 Å². The molecule has 3 heteroatoms. The Labute approximate surface area is 120 Å². The Morgan fingerprint density at radius 3 is 2.89 bits per heavy atom. The van der Waals surface area contributed by atoms with Gasteiger partial charge in [-0.2, -0.15) is 0 Å². The third-order valence-corrected chi connectivity index (χ3v) is 4.38. The van der Waals surface area contributed by atoms with Crippen LogP contribution in [-0.2, 0) is 6.54 Å². The molecule has 0 atom stereocenters. The third kappa shape index (κ3) is 4.65. The summed E-state index contributed by atoms with van der Waals surface area (Å²) in [5, 5.41) is 10.9. The summed E-state index contributed by atoms with van der Waals surface area (Å²) >= 11 is 1.79. The first kappa shape index (κ1) is 14.6. The van der Waals surface area contributed by atoms with Crippen molar-refractivity contribution in [2.24, 2.45) is 5.92 Å². The summed E-state index contributed by atoms with van der Waals surface area (Å²) < 4.78 is 0. The predicted molar refractivity (Wildman–Crippen MR) is 81.2 cm³/mol. The lowest BCUT2D eigenvalue weighted by atomic mass is 10.2. The molecular formula is C16H23NOS. The minimum atomic E-state index is 0.145. The fourth-order valence-electron chi connectivity index (χ4n) is 2.06. The standard InChI is InChI=1S/C16H23NOS/c1-13(2)17(11-14-6-7-14)12-16-15(8-10-19-16)5-3-4-9-18/h8,10,13-14,18H,4,6-7,9,11-12H2,1-2H3. The average Bonchev–Trinajstić information content (AvgIpc) is 3.09. The molecule has 1 heterocycles. The van der Waals surface area contributed by atoms with Crippen LogP contribution in [-0.4, -0.2) is 29.2 Å². The Balaban J connectivity index is 2.00. The van der Waals surface area contributed by atoms with E-state index in [1.54, 1.807) is 11.3 Å². The number of thiophene rings is 1. The molecule has 0 aromatic carbocycles. The minimum absolute atomic E-state index is 0.145. The zero-order valence-corrected chi connectivity index (χ0v) is 12.7. The summed E-state index contributed by atoms with van der Waals surface area (Å²) in [7, 11) is 0. The van der Waals surface area contributed by atoms with Crippen molar-refractivity contribution >= 4 is 11.3 Å². The number of aliphatic hydroxyl groups excluding tert-OH is 1. The van der Waals surface area contributed by atoms with Gasteiger partial charge in [-0.1, -0.05) is 11.8 Å². The molecule has 104 valence electrons. The van der Waals surface area contributed by atoms with E-state index < -0.39 is 0 Å². The first-order valence-corrected chi connectivity index (χ1v) is 7.98. The third-order valence-electron chi connectivity index (χ3n) is 3.47. The van der Waals surface area contributed by atoms with Gasteiger partial charge >= 0.3 is 0 Å². The molecule has 1 aliphatic rings. The first-order valence-electron chi connectivity index (χ1n) is 7.11. The van der Waals surface area contributed by atoms with Crippen molar-refractivity contribution in [1.82, 2.24) is 4.90 Å². The smallest absolute Gasteiger partial charge is 0.0540 e. The van der Waals surface area contributed by atoms with Crippen LogP contribution >= 0.6 is 11.3 Å². The quantitative estimate of drug-likeness (QED) is 0.808. The summed E-state index contributed by atoms with van der Waals surface area (Å²) in [5.41, 5.74) is 1.14. The number of rotatable bonds is 6. The Morgan fingerprint density at radius 1 is 1.47 bits per heavy atom. The molecule has 1 fully saturated rings. The van der Waals surface area contributed by atoms with Gasteiger partial charge in [0.15, 0.2) is 0 Å². The monoisotopic (exact) mass is 277 g/mol. The molecule has 1 saturated carbocycles. The van der Waals surface area contributed by atoms with Crippen LogP contribution < -0.4 is 0 Å². The molecule has 0 amide bonds. The van der Waals surface area contributed by atoms with Gasteiger partial charge in [-0.15, -0.1) is 11.3 Å². The van der Waals surface area contributed by atoms with Crippen LogP contribution in [0.25, 0.3) is 0 Å². The Kier molecular flexibility index (Phi) is 5.45. The van der Waals surface area contributed by atoms with Crippen LogP contribution in [0.4, 0.5) is 0 Å². The van der Waals surface area contributed by atoms with E-state index in [1.165, 1.54) is 24.3 Å². The van der Waals surface area contributed by atoms with Gasteiger partial charge in [0.25, 0.3) is 0 Å². The van der Waals surface area contributed by atoms with Crippen LogP contribution in [0, 0.1) is 17.8 Å². The SMILES string of the molecule is CC(C)N(Cc1sccc1C#CCCO)CC1CC1. The second-order valence-corrected chi connectivity index (χ2v) is 6.50. The molecule has 0 spiro atoms. The molecule has 0 saturated heterocycles. The lowest BCUT2D eigenvalue weighted by Crippen LogP contribution is -2.32. The normalized spacial score (nSPS) is 14.8. The first-order chi connectivity index (χ1) is 9.20. The van der Waals surface area contributed by atoms with Crippen molar-refractivity contribution in [1.29, 1.82) is 0 Å². The van der Waals surface area contributed by atoms with Gasteiger partial charge in [-0.3, -0.25) is 4.90 Å². The number of nitrogens with zero attached hydrogens (tertiary/aromatic N) is 1. The summed E-state index contributed by atoms with van der Waals surface area (Å²) in [6.07, 6.45) is 3.36. The van der Waals surface area contributed by atoms with Crippen LogP contribution in [0.15, 0.2) is 11.4 Å². The fraction of sp³-hybridized carbons (Fsp3) is 0.625. The molecule has 0 radical (unpaired) electrons. The largest absolute Gasteiger partial charge is 0.395 e. The molecule has 2 rings (SSSR count). The van der Waals surface area contributed by atoms with E-state index in [4.69, 9.17) is 5.11 Å². The van der Waals surface area contributed by atoms with E-state index in [1.807, 2.05) is 0 Å². The van der Waals surface area contributed by atoms with Gasteiger partial charge < -0.3 is 5.11 Å². The van der Waals surface area contributed by atoms with Gasteiger partial charge in [0.05, 0.1) is 6.61 Å². The maximum absolute atomic E-state index is 8.78. The molecule has 0 aliphatic heterocycles. The van der Waals surface area contributed by atoms with Gasteiger partial charge in [-0.25, -0.2) is 0 Å². The van der Waals surface area contributed by atoms with Crippen molar-refractivity contribution in [3.05, 3.63) is 21.9 Å². The van der Waals surface area contributed by atoms with E-state index in [-0.39, 0.29) is 6.61 Å². The average molecular weight is 277 g/mol. The van der Waals surface area contributed by atoms with Crippen molar-refractivity contribution in [3.63, 3.8) is 0 Å². The van der Waals surface area contributed by atoms with Gasteiger partial charge in [0.2, 0.25) is 0 Å². The van der Waals surface area contributed by atoms with Crippen LogP contribution in [0.3, 0.4) is 0 Å². The molecule has 0 bridgehead atoms.